The van der Waals surface area contributed by atoms with Crippen molar-refractivity contribution in [1.82, 2.24) is 0 Å². The van der Waals surface area contributed by atoms with Crippen LogP contribution in [0.3, 0.4) is 0 Å². The van der Waals surface area contributed by atoms with Crippen molar-refractivity contribution in [3.8, 4) is 0 Å². The molecule has 1 aliphatic rings. The fourth-order valence-corrected chi connectivity index (χ4v) is 7.23. The minimum Gasteiger partial charge on any atom is -0.290 e. The number of benzene rings is 2. The largest absolute Gasteiger partial charge is 0.290 e. The second-order valence-corrected chi connectivity index (χ2v) is 12.9. The summed E-state index contributed by atoms with van der Waals surface area (Å²) in [6.45, 7) is 18.3. The Bertz CT molecular complexity index is 1050. The number of alkyl halides is 1. The van der Waals surface area contributed by atoms with E-state index in [1.54, 1.807) is 26.0 Å². The fraction of sp³-hybridized carbons (Fsp3) is 0.450. The van der Waals surface area contributed by atoms with Gasteiger partial charge in [-0.2, -0.15) is 0 Å². The predicted octanol–water partition coefficient (Wildman–Crippen LogP) is 11.6. The monoisotopic (exact) mass is 683 g/mol. The van der Waals surface area contributed by atoms with Crippen LogP contribution < -0.4 is 10.6 Å². The van der Waals surface area contributed by atoms with E-state index in [4.69, 9.17) is 0 Å². The Morgan fingerprint density at radius 3 is 1.50 bits per heavy atom. The molecule has 3 rings (SSSR count). The van der Waals surface area contributed by atoms with Crippen LogP contribution in [0, 0.1) is 0 Å². The number of hydrogen-bond donors (Lipinski definition) is 0. The average molecular weight is 685 g/mol. The van der Waals surface area contributed by atoms with Crippen LogP contribution in [0.2, 0.25) is 0 Å². The predicted molar refractivity (Wildman–Crippen MR) is 206 cm³/mol. The Morgan fingerprint density at radius 2 is 1.09 bits per heavy atom. The van der Waals surface area contributed by atoms with E-state index >= 15 is 0 Å². The third-order valence-electron chi connectivity index (χ3n) is 7.03. The lowest BCUT2D eigenvalue weighted by molar-refractivity contribution is -0.116. The van der Waals surface area contributed by atoms with Crippen LogP contribution in [0.15, 0.2) is 109 Å². The molecule has 0 unspecified atom stereocenters. The Kier molecular flexibility index (Phi) is 30.5. The summed E-state index contributed by atoms with van der Waals surface area (Å²) >= 11 is 2.94. The van der Waals surface area contributed by atoms with E-state index in [-0.39, 0.29) is 11.6 Å². The van der Waals surface area contributed by atoms with Crippen molar-refractivity contribution in [2.75, 3.05) is 12.0 Å². The third kappa shape index (κ3) is 19.1. The molecule has 0 fully saturated rings. The lowest BCUT2D eigenvalue weighted by Gasteiger charge is -2.14. The van der Waals surface area contributed by atoms with E-state index in [1.807, 2.05) is 32.7 Å². The van der Waals surface area contributed by atoms with Gasteiger partial charge in [0.15, 0.2) is 11.6 Å². The number of Topliss-reactive ketones (excluding diaryl/α,β-unsaturated/α-hetero) is 1. The summed E-state index contributed by atoms with van der Waals surface area (Å²) in [6, 6.07) is 22.1. The highest BCUT2D eigenvalue weighted by Gasteiger charge is 2.22. The molecule has 4 heteroatoms. The molecule has 0 aliphatic heterocycles. The second-order valence-electron chi connectivity index (χ2n) is 10.3. The number of carbonyl (C=O) groups is 2. The lowest BCUT2D eigenvalue weighted by Crippen LogP contribution is -2.16. The van der Waals surface area contributed by atoms with Gasteiger partial charge in [-0.1, -0.05) is 117 Å². The van der Waals surface area contributed by atoms with E-state index in [0.29, 0.717) is 16.7 Å². The van der Waals surface area contributed by atoms with E-state index in [9.17, 15) is 9.59 Å². The zero-order valence-electron chi connectivity index (χ0n) is 28.9. The maximum Gasteiger partial charge on any atom is 0.185 e. The Balaban J connectivity index is 0. The number of rotatable bonds is 14. The number of unbranched alkanes of at least 4 members (excludes halogenated alkanes) is 7. The molecular formula is C40H61BrO2P+. The average Bonchev–Trinajstić information content (AvgIpc) is 3.08. The Hall–Kier alpha value is -2.35. The van der Waals surface area contributed by atoms with Gasteiger partial charge >= 0.3 is 0 Å². The Morgan fingerprint density at radius 1 is 0.705 bits per heavy atom. The first kappa shape index (κ1) is 43.8. The van der Waals surface area contributed by atoms with Crippen LogP contribution in [-0.4, -0.2) is 23.6 Å². The van der Waals surface area contributed by atoms with Gasteiger partial charge in [0.25, 0.3) is 0 Å². The summed E-state index contributed by atoms with van der Waals surface area (Å²) in [5.74, 6) is 1.89. The number of ketones is 2. The van der Waals surface area contributed by atoms with Gasteiger partial charge in [-0.25, -0.2) is 0 Å². The van der Waals surface area contributed by atoms with Crippen molar-refractivity contribution in [2.24, 2.45) is 0 Å². The highest BCUT2D eigenvalue weighted by atomic mass is 79.9. The first-order valence-electron chi connectivity index (χ1n) is 16.4. The minimum atomic E-state index is -0.690. The summed E-state index contributed by atoms with van der Waals surface area (Å²) in [6.07, 6.45) is 18.1. The molecule has 0 aromatic heterocycles. The highest BCUT2D eigenvalue weighted by molar-refractivity contribution is 9.08. The van der Waals surface area contributed by atoms with Gasteiger partial charge in [-0.3, -0.25) is 9.59 Å². The maximum atomic E-state index is 12.3. The summed E-state index contributed by atoms with van der Waals surface area (Å²) in [5.41, 5.74) is 1.93. The van der Waals surface area contributed by atoms with Crippen molar-refractivity contribution in [2.45, 2.75) is 106 Å². The van der Waals surface area contributed by atoms with Crippen molar-refractivity contribution >= 4 is 46.0 Å². The van der Waals surface area contributed by atoms with Gasteiger partial charge in [0.05, 0.1) is 24.7 Å². The quantitative estimate of drug-likeness (QED) is 0.0653. The van der Waals surface area contributed by atoms with Gasteiger partial charge < -0.3 is 0 Å². The highest BCUT2D eigenvalue weighted by Crippen LogP contribution is 2.34. The summed E-state index contributed by atoms with van der Waals surface area (Å²) < 4.78 is 0. The topological polar surface area (TPSA) is 34.1 Å². The molecule has 1 aliphatic carbocycles. The molecule has 0 saturated carbocycles. The molecule has 0 N–H and O–H groups in total. The van der Waals surface area contributed by atoms with E-state index < -0.39 is 7.92 Å². The molecule has 2 nitrogen and oxygen atoms in total. The van der Waals surface area contributed by atoms with Gasteiger partial charge in [-0.05, 0) is 89.0 Å². The molecule has 0 saturated heterocycles. The maximum absolute atomic E-state index is 12.3. The standard InChI is InChI=1S/C30H37O2P.C4H8.C3H6.C2H6.CH3Br/c1-24-25(2)30(32)26(23-29(24)31)17-11-7-5-3-4-6-8-16-22-33(27-18-12-9-13-19-27)28-20-14-10-15-21-28;1-3-4-2;1-3-2;2*1-2/h9-10,12-15,18-21,23H,3-8,11,16-17,22H2,1-2H3;3H,1,4H2,2H3;3H,1H2,2H3;1-2H3;1H3/p+1. The van der Waals surface area contributed by atoms with Crippen LogP contribution in [0.4, 0.5) is 0 Å². The molecule has 0 spiro atoms. The molecular weight excluding hydrogens is 623 g/mol. The van der Waals surface area contributed by atoms with Gasteiger partial charge in [0, 0.05) is 16.7 Å². The van der Waals surface area contributed by atoms with E-state index in [0.717, 1.165) is 25.7 Å². The van der Waals surface area contributed by atoms with E-state index in [2.05, 4.69) is 96.7 Å². The molecule has 2 aromatic rings. The molecule has 2 aromatic carbocycles. The van der Waals surface area contributed by atoms with Crippen LogP contribution in [0.1, 0.15) is 106 Å². The molecule has 0 heterocycles. The molecule has 44 heavy (non-hydrogen) atoms. The second kappa shape index (κ2) is 30.7. The van der Waals surface area contributed by atoms with Crippen LogP contribution in [0.25, 0.3) is 0 Å². The Labute approximate surface area is 281 Å². The third-order valence-corrected chi connectivity index (χ3v) is 9.94. The minimum absolute atomic E-state index is 0.00566. The summed E-state index contributed by atoms with van der Waals surface area (Å²) in [7, 11) is -0.690. The zero-order valence-corrected chi connectivity index (χ0v) is 31.5. The molecule has 0 atom stereocenters. The van der Waals surface area contributed by atoms with Crippen molar-refractivity contribution in [3.05, 3.63) is 109 Å². The SMILES string of the molecule is C=CC.C=CCC.CBr.CC.CC1=C(C)C(=O)C(CCCCCCCCCC[PH+](c2ccccc2)c2ccccc2)=CC1=O. The van der Waals surface area contributed by atoms with Crippen molar-refractivity contribution in [3.63, 3.8) is 0 Å². The molecule has 0 radical (unpaired) electrons. The van der Waals surface area contributed by atoms with Gasteiger partial charge in [0.2, 0.25) is 0 Å². The summed E-state index contributed by atoms with van der Waals surface area (Å²) in [5, 5.41) is 3.03. The molecule has 0 amide bonds. The molecule has 244 valence electrons. The first-order valence-corrected chi connectivity index (χ1v) is 19.7. The number of halogens is 1. The van der Waals surface area contributed by atoms with Gasteiger partial charge in [0.1, 0.15) is 0 Å². The fourth-order valence-electron chi connectivity index (χ4n) is 4.53. The van der Waals surface area contributed by atoms with Gasteiger partial charge in [-0.15, -0.1) is 13.2 Å². The molecule has 0 bridgehead atoms. The normalized spacial score (nSPS) is 11.8. The number of hydrogen-bond acceptors (Lipinski definition) is 2. The smallest absolute Gasteiger partial charge is 0.185 e. The van der Waals surface area contributed by atoms with Crippen LogP contribution in [-0.2, 0) is 9.59 Å². The van der Waals surface area contributed by atoms with Crippen LogP contribution in [0.5, 0.6) is 0 Å². The van der Waals surface area contributed by atoms with Crippen LogP contribution >= 0.6 is 23.9 Å². The summed E-state index contributed by atoms with van der Waals surface area (Å²) in [4.78, 5) is 24.2. The lowest BCUT2D eigenvalue weighted by atomic mass is 9.88. The first-order chi connectivity index (χ1) is 21.4. The van der Waals surface area contributed by atoms with Crippen molar-refractivity contribution in [1.29, 1.82) is 0 Å². The van der Waals surface area contributed by atoms with E-state index in [1.165, 1.54) is 55.3 Å². The van der Waals surface area contributed by atoms with Crippen molar-refractivity contribution < 1.29 is 9.59 Å². The number of carbonyl (C=O) groups excluding carboxylic acids is 2. The number of allylic oxidation sites excluding steroid dienone is 6. The zero-order chi connectivity index (χ0) is 33.6.